The minimum atomic E-state index is -4.48. The summed E-state index contributed by atoms with van der Waals surface area (Å²) in [4.78, 5) is 11.8. The van der Waals surface area contributed by atoms with Crippen molar-refractivity contribution in [1.82, 2.24) is 4.57 Å². The zero-order valence-electron chi connectivity index (χ0n) is 11.2. The van der Waals surface area contributed by atoms with Gasteiger partial charge >= 0.3 is 12.1 Å². The van der Waals surface area contributed by atoms with Gasteiger partial charge in [0, 0.05) is 5.39 Å². The highest BCUT2D eigenvalue weighted by Gasteiger charge is 2.31. The van der Waals surface area contributed by atoms with E-state index >= 15 is 0 Å². The molecule has 0 saturated heterocycles. The number of nitrogens with zero attached hydrogens (tertiary/aromatic N) is 1. The number of hydrogen-bond acceptors (Lipinski definition) is 4. The fourth-order valence-electron chi connectivity index (χ4n) is 2.10. The van der Waals surface area contributed by atoms with E-state index < -0.39 is 18.7 Å². The van der Waals surface area contributed by atoms with Crippen molar-refractivity contribution in [3.8, 4) is 0 Å². The van der Waals surface area contributed by atoms with Gasteiger partial charge in [0.05, 0.1) is 23.5 Å². The number of aromatic nitrogens is 1. The Labute approximate surface area is 118 Å². The fraction of sp³-hybridized carbons (Fsp3) is 0.308. The van der Waals surface area contributed by atoms with Gasteiger partial charge in [-0.15, -0.1) is 0 Å². The average molecular weight is 301 g/mol. The van der Waals surface area contributed by atoms with Gasteiger partial charge in [0.15, 0.2) is 0 Å². The van der Waals surface area contributed by atoms with Crippen LogP contribution in [0.4, 0.5) is 24.5 Å². The number of carbonyl (C=O) groups excluding carboxylic acids is 1. The zero-order valence-corrected chi connectivity index (χ0v) is 11.2. The van der Waals surface area contributed by atoms with E-state index in [1.54, 1.807) is 6.92 Å². The topological polar surface area (TPSA) is 83.3 Å². The lowest BCUT2D eigenvalue weighted by Crippen LogP contribution is -2.21. The van der Waals surface area contributed by atoms with E-state index in [-0.39, 0.29) is 29.2 Å². The van der Waals surface area contributed by atoms with Crippen molar-refractivity contribution in [3.63, 3.8) is 0 Å². The highest BCUT2D eigenvalue weighted by molar-refractivity contribution is 6.03. The molecule has 5 nitrogen and oxygen atoms in total. The molecule has 0 aliphatic heterocycles. The number of halogens is 3. The van der Waals surface area contributed by atoms with Crippen LogP contribution < -0.4 is 11.5 Å². The maximum atomic E-state index is 12.7. The number of alkyl halides is 3. The number of esters is 1. The fourth-order valence-corrected chi connectivity index (χ4v) is 2.10. The Bertz CT molecular complexity index is 692. The number of rotatable bonds is 3. The van der Waals surface area contributed by atoms with E-state index in [4.69, 9.17) is 16.2 Å². The van der Waals surface area contributed by atoms with Crippen molar-refractivity contribution in [2.45, 2.75) is 19.6 Å². The summed E-state index contributed by atoms with van der Waals surface area (Å²) in [6.45, 7) is 0.318. The number of nitrogen functional groups attached to an aromatic ring is 2. The highest BCUT2D eigenvalue weighted by Crippen LogP contribution is 2.32. The molecule has 0 aliphatic rings. The van der Waals surface area contributed by atoms with Crippen LogP contribution in [0.2, 0.25) is 0 Å². The van der Waals surface area contributed by atoms with Crippen LogP contribution >= 0.6 is 0 Å². The molecule has 21 heavy (non-hydrogen) atoms. The number of carbonyl (C=O) groups is 1. The minimum absolute atomic E-state index is 0.0595. The van der Waals surface area contributed by atoms with Crippen LogP contribution in [0.15, 0.2) is 18.2 Å². The second-order valence-corrected chi connectivity index (χ2v) is 4.45. The molecule has 1 aromatic heterocycles. The monoisotopic (exact) mass is 301 g/mol. The summed E-state index contributed by atoms with van der Waals surface area (Å²) in [5, 5.41) is 0.294. The molecule has 2 rings (SSSR count). The summed E-state index contributed by atoms with van der Waals surface area (Å²) >= 11 is 0. The van der Waals surface area contributed by atoms with Crippen LogP contribution in [0.1, 0.15) is 17.4 Å². The molecule has 4 N–H and O–H groups in total. The van der Waals surface area contributed by atoms with Gasteiger partial charge in [-0.3, -0.25) is 0 Å². The van der Waals surface area contributed by atoms with Crippen molar-refractivity contribution in [3.05, 3.63) is 23.9 Å². The Morgan fingerprint density at radius 2 is 2.00 bits per heavy atom. The maximum absolute atomic E-state index is 12.7. The quantitative estimate of drug-likeness (QED) is 0.674. The third-order valence-electron chi connectivity index (χ3n) is 2.98. The largest absolute Gasteiger partial charge is 0.461 e. The van der Waals surface area contributed by atoms with Gasteiger partial charge in [-0.1, -0.05) is 0 Å². The molecule has 0 bridgehead atoms. The molecule has 0 radical (unpaired) electrons. The predicted molar refractivity (Wildman–Crippen MR) is 72.8 cm³/mol. The van der Waals surface area contributed by atoms with Gasteiger partial charge in [-0.2, -0.15) is 13.2 Å². The molecule has 0 fully saturated rings. The van der Waals surface area contributed by atoms with Crippen molar-refractivity contribution < 1.29 is 22.7 Å². The molecule has 0 aliphatic carbocycles. The lowest BCUT2D eigenvalue weighted by atomic mass is 10.2. The van der Waals surface area contributed by atoms with E-state index in [1.165, 1.54) is 18.2 Å². The van der Waals surface area contributed by atoms with Crippen molar-refractivity contribution in [2.24, 2.45) is 0 Å². The molecule has 0 atom stereocenters. The number of ether oxygens (including phenoxy) is 1. The van der Waals surface area contributed by atoms with Crippen LogP contribution in [0.3, 0.4) is 0 Å². The molecule has 1 aromatic carbocycles. The first-order valence-electron chi connectivity index (χ1n) is 6.15. The van der Waals surface area contributed by atoms with Crippen LogP contribution in [0.5, 0.6) is 0 Å². The lowest BCUT2D eigenvalue weighted by Gasteiger charge is -2.13. The van der Waals surface area contributed by atoms with E-state index in [1.807, 2.05) is 0 Å². The van der Waals surface area contributed by atoms with E-state index in [2.05, 4.69) is 0 Å². The van der Waals surface area contributed by atoms with Gasteiger partial charge in [0.25, 0.3) is 0 Å². The van der Waals surface area contributed by atoms with Gasteiger partial charge in [-0.05, 0) is 25.1 Å². The SMILES string of the molecule is CCOC(=O)c1cc2c(N)c(N)ccc2n1CC(F)(F)F. The number of nitrogens with two attached hydrogens (primary N) is 2. The second-order valence-electron chi connectivity index (χ2n) is 4.45. The van der Waals surface area contributed by atoms with Crippen LogP contribution in [-0.2, 0) is 11.3 Å². The summed E-state index contributed by atoms with van der Waals surface area (Å²) in [5.41, 5.74) is 11.8. The second kappa shape index (κ2) is 5.19. The number of fused-ring (bicyclic) bond motifs is 1. The summed E-state index contributed by atoms with van der Waals surface area (Å²) in [7, 11) is 0. The Kier molecular flexibility index (Phi) is 3.71. The van der Waals surface area contributed by atoms with E-state index in [9.17, 15) is 18.0 Å². The minimum Gasteiger partial charge on any atom is -0.461 e. The normalized spacial score (nSPS) is 11.8. The van der Waals surface area contributed by atoms with Crippen LogP contribution in [0, 0.1) is 0 Å². The number of hydrogen-bond donors (Lipinski definition) is 2. The van der Waals surface area contributed by atoms with Gasteiger partial charge < -0.3 is 20.8 Å². The van der Waals surface area contributed by atoms with Crippen LogP contribution in [-0.4, -0.2) is 23.3 Å². The predicted octanol–water partition coefficient (Wildman–Crippen LogP) is 2.54. The highest BCUT2D eigenvalue weighted by atomic mass is 19.4. The molecule has 8 heteroatoms. The van der Waals surface area contributed by atoms with E-state index in [0.717, 1.165) is 4.57 Å². The zero-order chi connectivity index (χ0) is 15.8. The standard InChI is InChI=1S/C13H14F3N3O2/c1-2-21-12(20)10-5-7-9(4-3-8(17)11(7)18)19(10)6-13(14,15)16/h3-5H,2,6,17-18H2,1H3. The molecule has 1 heterocycles. The van der Waals surface area contributed by atoms with Gasteiger partial charge in [-0.25, -0.2) is 4.79 Å². The molecule has 0 saturated carbocycles. The van der Waals surface area contributed by atoms with Crippen LogP contribution in [0.25, 0.3) is 10.9 Å². The van der Waals surface area contributed by atoms with Gasteiger partial charge in [0.2, 0.25) is 0 Å². The maximum Gasteiger partial charge on any atom is 0.406 e. The molecular formula is C13H14F3N3O2. The molecular weight excluding hydrogens is 287 g/mol. The average Bonchev–Trinajstić information content (AvgIpc) is 2.72. The Morgan fingerprint density at radius 1 is 1.33 bits per heavy atom. The molecule has 0 unspecified atom stereocenters. The molecule has 114 valence electrons. The summed E-state index contributed by atoms with van der Waals surface area (Å²) < 4.78 is 43.8. The first kappa shape index (κ1) is 15.0. The van der Waals surface area contributed by atoms with Gasteiger partial charge in [0.1, 0.15) is 12.2 Å². The Hall–Kier alpha value is -2.38. The van der Waals surface area contributed by atoms with Crippen molar-refractivity contribution in [2.75, 3.05) is 18.1 Å². The molecule has 2 aromatic rings. The lowest BCUT2D eigenvalue weighted by molar-refractivity contribution is -0.140. The summed E-state index contributed by atoms with van der Waals surface area (Å²) in [6, 6.07) is 4.07. The Morgan fingerprint density at radius 3 is 2.57 bits per heavy atom. The molecule has 0 amide bonds. The third-order valence-corrected chi connectivity index (χ3v) is 2.98. The van der Waals surface area contributed by atoms with Crippen molar-refractivity contribution >= 4 is 28.2 Å². The first-order valence-corrected chi connectivity index (χ1v) is 6.15. The number of benzene rings is 1. The van der Waals surface area contributed by atoms with Crippen molar-refractivity contribution in [1.29, 1.82) is 0 Å². The van der Waals surface area contributed by atoms with E-state index in [0.29, 0.717) is 5.39 Å². The summed E-state index contributed by atoms with van der Waals surface area (Å²) in [6.07, 6.45) is -4.48. The molecule has 0 spiro atoms. The first-order chi connectivity index (χ1) is 9.74. The number of anilines is 2. The smallest absolute Gasteiger partial charge is 0.406 e. The third kappa shape index (κ3) is 2.88. The Balaban J connectivity index is 2.68. The summed E-state index contributed by atoms with van der Waals surface area (Å²) in [5.74, 6) is -0.837.